The lowest BCUT2D eigenvalue weighted by Gasteiger charge is -2.30. The summed E-state index contributed by atoms with van der Waals surface area (Å²) in [6.07, 6.45) is 6.15. The number of rotatable bonds is 5. The van der Waals surface area contributed by atoms with Gasteiger partial charge in [-0.05, 0) is 73.6 Å². The first-order valence-corrected chi connectivity index (χ1v) is 13.9. The van der Waals surface area contributed by atoms with Gasteiger partial charge in [0.15, 0.2) is 5.65 Å². The molecule has 1 aliphatic carbocycles. The number of H-pyrrole nitrogens is 3. The summed E-state index contributed by atoms with van der Waals surface area (Å²) in [5, 5.41) is 12.4. The number of hydrogen-bond donors (Lipinski definition) is 3. The molecule has 0 aromatic carbocycles. The second-order valence-corrected chi connectivity index (χ2v) is 12.3. The van der Waals surface area contributed by atoms with E-state index in [1.54, 1.807) is 11.2 Å². The molecule has 0 radical (unpaired) electrons. The van der Waals surface area contributed by atoms with Gasteiger partial charge in [-0.25, -0.2) is 19.4 Å². The molecule has 3 atom stereocenters. The molecule has 1 saturated heterocycles. The molecule has 9 nitrogen and oxygen atoms in total. The minimum absolute atomic E-state index is 0.228. The Morgan fingerprint density at radius 1 is 1.14 bits per heavy atom. The molecule has 10 heteroatoms. The topological polar surface area (TPSA) is 111 Å². The summed E-state index contributed by atoms with van der Waals surface area (Å²) >= 11 is 1.96. The van der Waals surface area contributed by atoms with E-state index in [0.29, 0.717) is 30.3 Å². The second-order valence-electron chi connectivity index (χ2n) is 11.2. The van der Waals surface area contributed by atoms with Crippen molar-refractivity contribution in [2.45, 2.75) is 71.9 Å². The van der Waals surface area contributed by atoms with Crippen LogP contribution in [0.25, 0.3) is 27.1 Å². The van der Waals surface area contributed by atoms with Crippen LogP contribution >= 0.6 is 11.3 Å². The van der Waals surface area contributed by atoms with Crippen molar-refractivity contribution in [2.75, 3.05) is 6.54 Å². The maximum atomic E-state index is 11.4. The number of pyridine rings is 1. The van der Waals surface area contributed by atoms with Crippen LogP contribution in [0.4, 0.5) is 0 Å². The number of hydrogen-bond acceptors (Lipinski definition) is 6. The highest BCUT2D eigenvalue weighted by molar-refractivity contribution is 7.19. The monoisotopic (exact) mass is 516 g/mol. The number of fused-ring (bicyclic) bond motifs is 4. The number of nitrogens with one attached hydrogen (secondary N) is 3. The predicted molar refractivity (Wildman–Crippen MR) is 145 cm³/mol. The molecule has 0 amide bonds. The van der Waals surface area contributed by atoms with Crippen molar-refractivity contribution in [3.05, 3.63) is 56.0 Å². The molecule has 37 heavy (non-hydrogen) atoms. The first kappa shape index (κ1) is 22.9. The van der Waals surface area contributed by atoms with E-state index in [1.165, 1.54) is 56.6 Å². The van der Waals surface area contributed by atoms with E-state index in [0.717, 1.165) is 18.0 Å². The van der Waals surface area contributed by atoms with Crippen molar-refractivity contribution in [2.24, 2.45) is 5.92 Å². The number of thiophene rings is 1. The minimum Gasteiger partial charge on any atom is -0.346 e. The Balaban J connectivity index is 1.25. The van der Waals surface area contributed by atoms with Crippen LogP contribution in [0.3, 0.4) is 0 Å². The third-order valence-corrected chi connectivity index (χ3v) is 10.2. The van der Waals surface area contributed by atoms with Gasteiger partial charge in [-0.2, -0.15) is 10.2 Å². The van der Waals surface area contributed by atoms with Crippen LogP contribution in [-0.2, 0) is 6.54 Å². The molecule has 0 spiro atoms. The fourth-order valence-corrected chi connectivity index (χ4v) is 8.41. The van der Waals surface area contributed by atoms with E-state index < -0.39 is 0 Å². The quantitative estimate of drug-likeness (QED) is 0.311. The zero-order valence-corrected chi connectivity index (χ0v) is 22.7. The SMILES string of the molecule is Cc1c(-c2[nH]c3sc([C@@H]4C[C@@H]5C[C@H]4CN5Cc4n[nH]c(=O)[nH]4)c(C)c3c2C(C)C)cn2ncnc2c1C. The van der Waals surface area contributed by atoms with Gasteiger partial charge in [0.05, 0.1) is 12.2 Å². The van der Waals surface area contributed by atoms with E-state index in [2.05, 4.69) is 76.0 Å². The van der Waals surface area contributed by atoms with Gasteiger partial charge < -0.3 is 4.98 Å². The molecule has 7 rings (SSSR count). The van der Waals surface area contributed by atoms with Crippen LogP contribution < -0.4 is 5.69 Å². The fraction of sp³-hybridized carbons (Fsp3) is 0.481. The number of aryl methyl sites for hydroxylation is 2. The van der Waals surface area contributed by atoms with E-state index >= 15 is 0 Å². The molecule has 5 aromatic rings. The Labute approximate surface area is 218 Å². The Hall–Kier alpha value is -3.24. The Kier molecular flexibility index (Phi) is 5.04. The maximum Gasteiger partial charge on any atom is 0.340 e. The average molecular weight is 517 g/mol. The van der Waals surface area contributed by atoms with Gasteiger partial charge >= 0.3 is 5.69 Å². The summed E-state index contributed by atoms with van der Waals surface area (Å²) in [6, 6.07) is 0.551. The van der Waals surface area contributed by atoms with Crippen LogP contribution in [-0.4, -0.2) is 52.2 Å². The molecule has 6 heterocycles. The van der Waals surface area contributed by atoms with Gasteiger partial charge in [0.25, 0.3) is 0 Å². The van der Waals surface area contributed by atoms with Crippen molar-refractivity contribution in [3.63, 3.8) is 0 Å². The standard InChI is InChI=1S/C27H32N8OS/c1-12(2)21-22-15(5)24(18-7-17-6-16(18)8-34(17)10-20-30-27(36)33-32-20)37-26(22)31-23(21)19-9-35-25(28-11-29-35)14(4)13(19)3/h9,11-12,16-18,31H,6-8,10H2,1-5H3,(H2,30,32,33,36)/t16-,17-,18+/m0/s1. The molecule has 5 aromatic heterocycles. The zero-order valence-electron chi connectivity index (χ0n) is 21.8. The molecule has 1 saturated carbocycles. The first-order chi connectivity index (χ1) is 17.8. The summed E-state index contributed by atoms with van der Waals surface area (Å²) in [7, 11) is 0. The number of nitrogens with zero attached hydrogens (tertiary/aromatic N) is 5. The van der Waals surface area contributed by atoms with E-state index in [-0.39, 0.29) is 5.69 Å². The van der Waals surface area contributed by atoms with Crippen LogP contribution in [0.2, 0.25) is 0 Å². The lowest BCUT2D eigenvalue weighted by atomic mass is 9.88. The summed E-state index contributed by atoms with van der Waals surface area (Å²) < 4.78 is 1.90. The van der Waals surface area contributed by atoms with E-state index in [4.69, 9.17) is 0 Å². The van der Waals surface area contributed by atoms with Gasteiger partial charge in [0, 0.05) is 34.6 Å². The first-order valence-electron chi connectivity index (χ1n) is 13.1. The van der Waals surface area contributed by atoms with Gasteiger partial charge in [0.1, 0.15) is 17.0 Å². The normalized spacial score (nSPS) is 21.9. The van der Waals surface area contributed by atoms with Crippen molar-refractivity contribution in [1.82, 2.24) is 39.7 Å². The Bertz CT molecular complexity index is 1720. The Morgan fingerprint density at radius 2 is 1.97 bits per heavy atom. The Morgan fingerprint density at radius 3 is 2.68 bits per heavy atom. The van der Waals surface area contributed by atoms with Crippen LogP contribution in [0, 0.1) is 26.7 Å². The average Bonchev–Trinajstić information content (AvgIpc) is 3.68. The van der Waals surface area contributed by atoms with Crippen LogP contribution in [0.5, 0.6) is 0 Å². The number of aromatic nitrogens is 7. The molecule has 3 N–H and O–H groups in total. The third kappa shape index (κ3) is 3.38. The van der Waals surface area contributed by atoms with E-state index in [1.807, 2.05) is 15.9 Å². The van der Waals surface area contributed by atoms with Crippen LogP contribution in [0.15, 0.2) is 17.3 Å². The summed E-state index contributed by atoms with van der Waals surface area (Å²) in [6.45, 7) is 13.0. The summed E-state index contributed by atoms with van der Waals surface area (Å²) in [5.41, 5.74) is 8.39. The summed E-state index contributed by atoms with van der Waals surface area (Å²) in [4.78, 5) is 27.9. The summed E-state index contributed by atoms with van der Waals surface area (Å²) in [5.74, 6) is 2.38. The minimum atomic E-state index is -0.228. The fourth-order valence-electron chi connectivity index (χ4n) is 6.98. The highest BCUT2D eigenvalue weighted by Crippen LogP contribution is 2.53. The van der Waals surface area contributed by atoms with Crippen molar-refractivity contribution in [1.29, 1.82) is 0 Å². The molecular weight excluding hydrogens is 484 g/mol. The molecule has 2 fully saturated rings. The van der Waals surface area contributed by atoms with Crippen molar-refractivity contribution in [3.8, 4) is 11.3 Å². The highest BCUT2D eigenvalue weighted by atomic mass is 32.1. The lowest BCUT2D eigenvalue weighted by molar-refractivity contribution is 0.188. The molecular formula is C27H32N8OS. The maximum absolute atomic E-state index is 11.4. The molecule has 0 unspecified atom stereocenters. The van der Waals surface area contributed by atoms with Gasteiger partial charge in [-0.15, -0.1) is 11.3 Å². The van der Waals surface area contributed by atoms with Gasteiger partial charge in [0.2, 0.25) is 0 Å². The number of aromatic amines is 3. The zero-order chi connectivity index (χ0) is 25.6. The molecule has 2 aliphatic rings. The van der Waals surface area contributed by atoms with Crippen molar-refractivity contribution < 1.29 is 0 Å². The smallest absolute Gasteiger partial charge is 0.340 e. The highest BCUT2D eigenvalue weighted by Gasteiger charge is 2.46. The predicted octanol–water partition coefficient (Wildman–Crippen LogP) is 4.78. The third-order valence-electron chi connectivity index (χ3n) is 8.83. The molecule has 2 bridgehead atoms. The van der Waals surface area contributed by atoms with Crippen LogP contribution in [0.1, 0.15) is 71.5 Å². The molecule has 1 aliphatic heterocycles. The number of piperidine rings is 1. The van der Waals surface area contributed by atoms with Crippen molar-refractivity contribution >= 4 is 27.2 Å². The molecule has 192 valence electrons. The number of likely N-dealkylation sites (tertiary alicyclic amines) is 1. The van der Waals surface area contributed by atoms with Gasteiger partial charge in [-0.3, -0.25) is 9.88 Å². The van der Waals surface area contributed by atoms with E-state index in [9.17, 15) is 4.79 Å². The second kappa shape index (κ2) is 8.13. The largest absolute Gasteiger partial charge is 0.346 e. The van der Waals surface area contributed by atoms with Gasteiger partial charge in [-0.1, -0.05) is 13.8 Å². The lowest BCUT2D eigenvalue weighted by Crippen LogP contribution is -2.34.